The van der Waals surface area contributed by atoms with Crippen molar-refractivity contribution < 1.29 is 23.5 Å². The van der Waals surface area contributed by atoms with E-state index < -0.39 is 5.91 Å². The van der Waals surface area contributed by atoms with Gasteiger partial charge in [-0.3, -0.25) is 9.63 Å². The lowest BCUT2D eigenvalue weighted by Gasteiger charge is -2.09. The topological polar surface area (TPSA) is 69.9 Å². The molecule has 1 heterocycles. The lowest BCUT2D eigenvalue weighted by atomic mass is 10.2. The number of amides is 1. The maximum absolute atomic E-state index is 11.5. The summed E-state index contributed by atoms with van der Waals surface area (Å²) in [5.74, 6) is 0.995. The molecular weight excluding hydrogens is 262 g/mol. The molecule has 0 aliphatic heterocycles. The summed E-state index contributed by atoms with van der Waals surface area (Å²) in [4.78, 5) is 16.7. The van der Waals surface area contributed by atoms with Gasteiger partial charge in [-0.2, -0.15) is 0 Å². The van der Waals surface area contributed by atoms with Gasteiger partial charge in [-0.1, -0.05) is 6.07 Å². The van der Waals surface area contributed by atoms with Gasteiger partial charge in [0, 0.05) is 0 Å². The first-order valence-corrected chi connectivity index (χ1v) is 5.91. The Balaban J connectivity index is 1.89. The van der Waals surface area contributed by atoms with Crippen molar-refractivity contribution in [1.29, 1.82) is 0 Å². The fraction of sp³-hybridized carbons (Fsp3) is 0.214. The van der Waals surface area contributed by atoms with Crippen molar-refractivity contribution >= 4 is 5.91 Å². The predicted octanol–water partition coefficient (Wildman–Crippen LogP) is 2.16. The first kappa shape index (κ1) is 14.0. The van der Waals surface area contributed by atoms with E-state index in [2.05, 4.69) is 5.48 Å². The van der Waals surface area contributed by atoms with Gasteiger partial charge in [0.1, 0.15) is 0 Å². The zero-order chi connectivity index (χ0) is 14.4. The van der Waals surface area contributed by atoms with Crippen LogP contribution in [0.4, 0.5) is 0 Å². The van der Waals surface area contributed by atoms with Crippen LogP contribution in [0.5, 0.6) is 11.5 Å². The highest BCUT2D eigenvalue weighted by atomic mass is 16.7. The number of carbonyl (C=O) groups excluding carboxylic acids is 1. The van der Waals surface area contributed by atoms with E-state index in [1.807, 2.05) is 6.07 Å². The molecule has 6 heteroatoms. The number of nitrogens with one attached hydrogen (secondary N) is 1. The van der Waals surface area contributed by atoms with Crippen LogP contribution in [0.2, 0.25) is 0 Å². The number of benzene rings is 1. The third-order valence-electron chi connectivity index (χ3n) is 2.60. The fourth-order valence-electron chi connectivity index (χ4n) is 1.61. The van der Waals surface area contributed by atoms with Crippen LogP contribution in [-0.2, 0) is 11.4 Å². The molecule has 1 aromatic carbocycles. The highest BCUT2D eigenvalue weighted by molar-refractivity contribution is 5.90. The van der Waals surface area contributed by atoms with Gasteiger partial charge in [0.15, 0.2) is 17.3 Å². The highest BCUT2D eigenvalue weighted by Gasteiger charge is 2.09. The minimum atomic E-state index is -0.435. The van der Waals surface area contributed by atoms with E-state index in [1.165, 1.54) is 6.26 Å². The fourth-order valence-corrected chi connectivity index (χ4v) is 1.61. The summed E-state index contributed by atoms with van der Waals surface area (Å²) in [5, 5.41) is 0. The van der Waals surface area contributed by atoms with E-state index in [1.54, 1.807) is 38.5 Å². The number of methoxy groups -OCH3 is 2. The second kappa shape index (κ2) is 6.63. The molecule has 0 unspecified atom stereocenters. The molecule has 1 aromatic heterocycles. The van der Waals surface area contributed by atoms with E-state index in [0.29, 0.717) is 11.5 Å². The van der Waals surface area contributed by atoms with E-state index in [9.17, 15) is 4.79 Å². The number of carbonyl (C=O) groups is 1. The van der Waals surface area contributed by atoms with Crippen molar-refractivity contribution in [3.8, 4) is 11.5 Å². The summed E-state index contributed by atoms with van der Waals surface area (Å²) >= 11 is 0. The summed E-state index contributed by atoms with van der Waals surface area (Å²) in [6, 6.07) is 8.54. The average molecular weight is 277 g/mol. The van der Waals surface area contributed by atoms with E-state index in [-0.39, 0.29) is 12.4 Å². The lowest BCUT2D eigenvalue weighted by molar-refractivity contribution is 0.0212. The van der Waals surface area contributed by atoms with Gasteiger partial charge < -0.3 is 13.9 Å². The third-order valence-corrected chi connectivity index (χ3v) is 2.60. The Morgan fingerprint density at radius 3 is 2.65 bits per heavy atom. The van der Waals surface area contributed by atoms with Gasteiger partial charge >= 0.3 is 5.91 Å². The third kappa shape index (κ3) is 3.30. The molecule has 1 amide bonds. The van der Waals surface area contributed by atoms with Crippen molar-refractivity contribution in [2.45, 2.75) is 6.61 Å². The molecule has 106 valence electrons. The van der Waals surface area contributed by atoms with Crippen LogP contribution in [0.3, 0.4) is 0 Å². The first-order chi connectivity index (χ1) is 9.74. The summed E-state index contributed by atoms with van der Waals surface area (Å²) in [6.07, 6.45) is 1.42. The number of hydrogen-bond acceptors (Lipinski definition) is 5. The van der Waals surface area contributed by atoms with E-state index in [4.69, 9.17) is 18.7 Å². The molecule has 6 nitrogen and oxygen atoms in total. The molecule has 0 spiro atoms. The van der Waals surface area contributed by atoms with Crippen molar-refractivity contribution in [2.75, 3.05) is 14.2 Å². The van der Waals surface area contributed by atoms with Crippen molar-refractivity contribution in [3.63, 3.8) is 0 Å². The molecule has 2 rings (SSSR count). The van der Waals surface area contributed by atoms with Crippen LogP contribution in [0.25, 0.3) is 0 Å². The van der Waals surface area contributed by atoms with Crippen LogP contribution in [0.15, 0.2) is 41.0 Å². The molecule has 0 saturated heterocycles. The molecule has 0 aliphatic carbocycles. The molecule has 0 bridgehead atoms. The SMILES string of the molecule is COc1ccc(CONC(=O)c2ccco2)cc1OC. The molecular formula is C14H15NO5. The quantitative estimate of drug-likeness (QED) is 0.819. The van der Waals surface area contributed by atoms with E-state index >= 15 is 0 Å². The molecule has 0 fully saturated rings. The number of hydrogen-bond donors (Lipinski definition) is 1. The van der Waals surface area contributed by atoms with Crippen LogP contribution < -0.4 is 15.0 Å². The van der Waals surface area contributed by atoms with Gasteiger partial charge in [-0.25, -0.2) is 5.48 Å². The minimum Gasteiger partial charge on any atom is -0.493 e. The monoisotopic (exact) mass is 277 g/mol. The van der Waals surface area contributed by atoms with Crippen molar-refractivity contribution in [3.05, 3.63) is 47.9 Å². The van der Waals surface area contributed by atoms with Crippen LogP contribution in [0.1, 0.15) is 16.1 Å². The zero-order valence-corrected chi connectivity index (χ0v) is 11.2. The van der Waals surface area contributed by atoms with Crippen molar-refractivity contribution in [1.82, 2.24) is 5.48 Å². The average Bonchev–Trinajstić information content (AvgIpc) is 3.01. The Morgan fingerprint density at radius 1 is 1.20 bits per heavy atom. The normalized spacial score (nSPS) is 10.1. The second-order valence-electron chi connectivity index (χ2n) is 3.89. The minimum absolute atomic E-state index is 0.192. The van der Waals surface area contributed by atoms with E-state index in [0.717, 1.165) is 5.56 Å². The number of rotatable bonds is 6. The van der Waals surface area contributed by atoms with Crippen LogP contribution in [0, 0.1) is 0 Å². The summed E-state index contributed by atoms with van der Waals surface area (Å²) < 4.78 is 15.3. The smallest absolute Gasteiger partial charge is 0.310 e. The summed E-state index contributed by atoms with van der Waals surface area (Å²) in [5.41, 5.74) is 3.13. The molecule has 2 aromatic rings. The predicted molar refractivity (Wildman–Crippen MR) is 70.5 cm³/mol. The number of furan rings is 1. The maximum Gasteiger partial charge on any atom is 0.310 e. The lowest BCUT2D eigenvalue weighted by Crippen LogP contribution is -2.23. The van der Waals surface area contributed by atoms with Crippen molar-refractivity contribution in [2.24, 2.45) is 0 Å². The molecule has 0 saturated carbocycles. The molecule has 1 N–H and O–H groups in total. The largest absolute Gasteiger partial charge is 0.493 e. The first-order valence-electron chi connectivity index (χ1n) is 5.91. The van der Waals surface area contributed by atoms with Crippen LogP contribution >= 0.6 is 0 Å². The zero-order valence-electron chi connectivity index (χ0n) is 11.2. The Bertz CT molecular complexity index is 565. The summed E-state index contributed by atoms with van der Waals surface area (Å²) in [6.45, 7) is 0.201. The Morgan fingerprint density at radius 2 is 2.00 bits per heavy atom. The molecule has 0 radical (unpaired) electrons. The summed E-state index contributed by atoms with van der Waals surface area (Å²) in [7, 11) is 3.12. The van der Waals surface area contributed by atoms with Gasteiger partial charge in [0.25, 0.3) is 0 Å². The molecule has 0 aliphatic rings. The van der Waals surface area contributed by atoms with Gasteiger partial charge in [0.2, 0.25) is 0 Å². The van der Waals surface area contributed by atoms with Gasteiger partial charge in [-0.15, -0.1) is 0 Å². The Kier molecular flexibility index (Phi) is 4.62. The second-order valence-corrected chi connectivity index (χ2v) is 3.89. The van der Waals surface area contributed by atoms with Gasteiger partial charge in [0.05, 0.1) is 27.1 Å². The maximum atomic E-state index is 11.5. The number of hydroxylamine groups is 1. The highest BCUT2D eigenvalue weighted by Crippen LogP contribution is 2.27. The standard InChI is InChI=1S/C14H15NO5/c1-17-11-6-5-10(8-13(11)18-2)9-20-15-14(16)12-4-3-7-19-12/h3-8H,9H2,1-2H3,(H,15,16). The number of ether oxygens (including phenoxy) is 2. The molecule has 0 atom stereocenters. The van der Waals surface area contributed by atoms with Gasteiger partial charge in [-0.05, 0) is 29.8 Å². The van der Waals surface area contributed by atoms with Crippen LogP contribution in [-0.4, -0.2) is 20.1 Å². The Labute approximate surface area is 116 Å². The Hall–Kier alpha value is -2.47. The molecule has 20 heavy (non-hydrogen) atoms.